The van der Waals surface area contributed by atoms with E-state index in [1.165, 1.54) is 12.8 Å². The molecule has 0 aromatic carbocycles. The maximum Gasteiger partial charge on any atom is 0.0948 e. The molecule has 0 amide bonds. The van der Waals surface area contributed by atoms with Crippen LogP contribution in [0.1, 0.15) is 38.3 Å². The zero-order chi connectivity index (χ0) is 11.4. The van der Waals surface area contributed by atoms with Gasteiger partial charge in [0.15, 0.2) is 0 Å². The number of ether oxygens (including phenoxy) is 1. The Hall–Kier alpha value is -0.870. The second-order valence-corrected chi connectivity index (χ2v) is 4.47. The van der Waals surface area contributed by atoms with Crippen LogP contribution in [0.2, 0.25) is 0 Å². The Balaban J connectivity index is 1.86. The highest BCUT2D eigenvalue weighted by molar-refractivity contribution is 4.96. The van der Waals surface area contributed by atoms with E-state index < -0.39 is 0 Å². The van der Waals surface area contributed by atoms with Crippen LogP contribution < -0.4 is 5.73 Å². The lowest BCUT2D eigenvalue weighted by Gasteiger charge is -2.28. The van der Waals surface area contributed by atoms with Gasteiger partial charge in [-0.25, -0.2) is 4.98 Å². The van der Waals surface area contributed by atoms with Gasteiger partial charge in [-0.1, -0.05) is 12.8 Å². The molecule has 1 heterocycles. The summed E-state index contributed by atoms with van der Waals surface area (Å²) >= 11 is 0. The third-order valence-electron chi connectivity index (χ3n) is 3.34. The molecule has 2 unspecified atom stereocenters. The summed E-state index contributed by atoms with van der Waals surface area (Å²) in [6.07, 6.45) is 8.63. The molecule has 0 spiro atoms. The molecule has 0 saturated heterocycles. The Kier molecular flexibility index (Phi) is 3.96. The summed E-state index contributed by atoms with van der Waals surface area (Å²) in [6, 6.07) is 0.215. The fourth-order valence-corrected chi connectivity index (χ4v) is 2.28. The van der Waals surface area contributed by atoms with Crippen LogP contribution in [0.3, 0.4) is 0 Å². The monoisotopic (exact) mass is 223 g/mol. The lowest BCUT2D eigenvalue weighted by atomic mass is 9.93. The highest BCUT2D eigenvalue weighted by Gasteiger charge is 2.22. The summed E-state index contributed by atoms with van der Waals surface area (Å²) in [5.74, 6) is 0. The average Bonchev–Trinajstić information content (AvgIpc) is 2.75. The molecular weight excluding hydrogens is 202 g/mol. The lowest BCUT2D eigenvalue weighted by Crippen LogP contribution is -2.39. The molecule has 1 fully saturated rings. The van der Waals surface area contributed by atoms with Gasteiger partial charge in [0.05, 0.1) is 30.9 Å². The van der Waals surface area contributed by atoms with Crippen molar-refractivity contribution in [3.05, 3.63) is 18.2 Å². The van der Waals surface area contributed by atoms with Crippen molar-refractivity contribution in [1.29, 1.82) is 0 Å². The Morgan fingerprint density at radius 1 is 1.50 bits per heavy atom. The van der Waals surface area contributed by atoms with E-state index in [2.05, 4.69) is 16.5 Å². The zero-order valence-electron chi connectivity index (χ0n) is 9.93. The van der Waals surface area contributed by atoms with Gasteiger partial charge in [0, 0.05) is 12.6 Å². The van der Waals surface area contributed by atoms with Crippen LogP contribution in [0, 0.1) is 0 Å². The van der Waals surface area contributed by atoms with E-state index in [9.17, 15) is 0 Å². The number of hydrogen-bond acceptors (Lipinski definition) is 3. The number of nitrogens with two attached hydrogens (primary N) is 1. The van der Waals surface area contributed by atoms with Crippen molar-refractivity contribution in [1.82, 2.24) is 9.55 Å². The molecule has 1 aromatic rings. The molecule has 1 saturated carbocycles. The molecule has 0 bridgehead atoms. The number of aromatic nitrogens is 2. The van der Waals surface area contributed by atoms with Crippen LogP contribution in [0.25, 0.3) is 0 Å². The van der Waals surface area contributed by atoms with Gasteiger partial charge in [0.1, 0.15) is 0 Å². The van der Waals surface area contributed by atoms with Gasteiger partial charge >= 0.3 is 0 Å². The van der Waals surface area contributed by atoms with Gasteiger partial charge in [-0.05, 0) is 19.8 Å². The normalized spacial score (nSPS) is 25.9. The van der Waals surface area contributed by atoms with Gasteiger partial charge in [0.25, 0.3) is 0 Å². The van der Waals surface area contributed by atoms with Crippen LogP contribution in [-0.4, -0.2) is 21.7 Å². The number of aryl methyl sites for hydroxylation is 1. The molecule has 4 nitrogen and oxygen atoms in total. The van der Waals surface area contributed by atoms with Gasteiger partial charge in [0.2, 0.25) is 0 Å². The quantitative estimate of drug-likeness (QED) is 0.845. The minimum atomic E-state index is 0.215. The summed E-state index contributed by atoms with van der Waals surface area (Å²) < 4.78 is 8.00. The minimum absolute atomic E-state index is 0.215. The van der Waals surface area contributed by atoms with Crippen molar-refractivity contribution in [2.45, 2.75) is 57.9 Å². The predicted octanol–water partition coefficient (Wildman–Crippen LogP) is 1.69. The molecule has 4 heteroatoms. The maximum absolute atomic E-state index is 6.04. The second kappa shape index (κ2) is 5.46. The van der Waals surface area contributed by atoms with E-state index in [0.717, 1.165) is 25.1 Å². The summed E-state index contributed by atoms with van der Waals surface area (Å²) in [7, 11) is 0. The van der Waals surface area contributed by atoms with Crippen molar-refractivity contribution in [3.8, 4) is 0 Å². The summed E-state index contributed by atoms with van der Waals surface area (Å²) in [4.78, 5) is 4.13. The summed E-state index contributed by atoms with van der Waals surface area (Å²) in [5, 5.41) is 0. The van der Waals surface area contributed by atoms with Crippen LogP contribution in [0.15, 0.2) is 12.5 Å². The minimum Gasteiger partial charge on any atom is -0.370 e. The second-order valence-electron chi connectivity index (χ2n) is 4.47. The Morgan fingerprint density at radius 3 is 3.06 bits per heavy atom. The fraction of sp³-hybridized carbons (Fsp3) is 0.750. The van der Waals surface area contributed by atoms with Crippen molar-refractivity contribution in [2.24, 2.45) is 5.73 Å². The molecule has 2 atom stereocenters. The van der Waals surface area contributed by atoms with Crippen LogP contribution in [0.4, 0.5) is 0 Å². The van der Waals surface area contributed by atoms with Gasteiger partial charge in [-0.3, -0.25) is 0 Å². The topological polar surface area (TPSA) is 53.1 Å². The molecule has 2 rings (SSSR count). The first kappa shape index (κ1) is 11.6. The molecule has 0 radical (unpaired) electrons. The maximum atomic E-state index is 6.04. The van der Waals surface area contributed by atoms with Gasteiger partial charge in [-0.15, -0.1) is 0 Å². The zero-order valence-corrected chi connectivity index (χ0v) is 9.93. The van der Waals surface area contributed by atoms with E-state index >= 15 is 0 Å². The number of hydrogen-bond donors (Lipinski definition) is 1. The Labute approximate surface area is 96.8 Å². The standard InChI is InChI=1S/C12H21N3O/c1-2-15-9-14-7-10(15)8-16-12-6-4-3-5-11(12)13/h7,9,11-12H,2-6,8,13H2,1H3. The Bertz CT molecular complexity index is 324. The van der Waals surface area contributed by atoms with Crippen LogP contribution >= 0.6 is 0 Å². The van der Waals surface area contributed by atoms with E-state index in [1.54, 1.807) is 0 Å². The van der Waals surface area contributed by atoms with Crippen molar-refractivity contribution in [3.63, 3.8) is 0 Å². The van der Waals surface area contributed by atoms with E-state index in [-0.39, 0.29) is 12.1 Å². The molecule has 16 heavy (non-hydrogen) atoms. The smallest absolute Gasteiger partial charge is 0.0948 e. The van der Waals surface area contributed by atoms with E-state index in [4.69, 9.17) is 10.5 Å². The summed E-state index contributed by atoms with van der Waals surface area (Å²) in [5.41, 5.74) is 7.18. The largest absolute Gasteiger partial charge is 0.370 e. The number of imidazole rings is 1. The van der Waals surface area contributed by atoms with Crippen LogP contribution in [-0.2, 0) is 17.9 Å². The van der Waals surface area contributed by atoms with Crippen molar-refractivity contribution in [2.75, 3.05) is 0 Å². The first-order valence-electron chi connectivity index (χ1n) is 6.17. The van der Waals surface area contributed by atoms with Crippen LogP contribution in [0.5, 0.6) is 0 Å². The molecule has 1 aliphatic rings. The molecule has 90 valence electrons. The Morgan fingerprint density at radius 2 is 2.31 bits per heavy atom. The molecule has 1 aliphatic carbocycles. The van der Waals surface area contributed by atoms with Crippen molar-refractivity contribution >= 4 is 0 Å². The van der Waals surface area contributed by atoms with E-state index in [1.807, 2.05) is 12.5 Å². The third kappa shape index (κ3) is 2.62. The third-order valence-corrected chi connectivity index (χ3v) is 3.34. The molecular formula is C12H21N3O. The first-order chi connectivity index (χ1) is 7.81. The van der Waals surface area contributed by atoms with Gasteiger partial charge < -0.3 is 15.0 Å². The van der Waals surface area contributed by atoms with Crippen molar-refractivity contribution < 1.29 is 4.74 Å². The number of nitrogens with zero attached hydrogens (tertiary/aromatic N) is 2. The molecule has 2 N–H and O–H groups in total. The molecule has 1 aromatic heterocycles. The summed E-state index contributed by atoms with van der Waals surface area (Å²) in [6.45, 7) is 3.68. The van der Waals surface area contributed by atoms with Gasteiger partial charge in [-0.2, -0.15) is 0 Å². The predicted molar refractivity (Wildman–Crippen MR) is 62.9 cm³/mol. The highest BCUT2D eigenvalue weighted by atomic mass is 16.5. The lowest BCUT2D eigenvalue weighted by molar-refractivity contribution is 0.00141. The average molecular weight is 223 g/mol. The highest BCUT2D eigenvalue weighted by Crippen LogP contribution is 2.20. The fourth-order valence-electron chi connectivity index (χ4n) is 2.28. The number of rotatable bonds is 4. The molecule has 0 aliphatic heterocycles. The first-order valence-corrected chi connectivity index (χ1v) is 6.17. The SMILES string of the molecule is CCn1cncc1COC1CCCCC1N. The van der Waals surface area contributed by atoms with E-state index in [0.29, 0.717) is 6.61 Å².